The van der Waals surface area contributed by atoms with Gasteiger partial charge in [0.05, 0.1) is 5.92 Å². The molecule has 1 amide bonds. The van der Waals surface area contributed by atoms with Gasteiger partial charge in [-0.1, -0.05) is 0 Å². The van der Waals surface area contributed by atoms with E-state index in [2.05, 4.69) is 5.32 Å². The summed E-state index contributed by atoms with van der Waals surface area (Å²) >= 11 is 0. The first-order chi connectivity index (χ1) is 7.71. The van der Waals surface area contributed by atoms with E-state index >= 15 is 0 Å². The molecule has 0 aliphatic heterocycles. The number of nitrogens with one attached hydrogen (secondary N) is 1. The van der Waals surface area contributed by atoms with Crippen LogP contribution in [-0.4, -0.2) is 42.9 Å². The van der Waals surface area contributed by atoms with Crippen LogP contribution in [0.5, 0.6) is 0 Å². The van der Waals surface area contributed by atoms with Gasteiger partial charge < -0.3 is 10.4 Å². The van der Waals surface area contributed by atoms with E-state index in [1.807, 2.05) is 0 Å². The minimum absolute atomic E-state index is 0.229. The summed E-state index contributed by atoms with van der Waals surface area (Å²) in [4.78, 5) is 22.3. The number of carbonyl (C=O) groups is 2. The minimum atomic E-state index is -3.40. The van der Waals surface area contributed by atoms with Gasteiger partial charge in [-0.15, -0.1) is 0 Å². The summed E-state index contributed by atoms with van der Waals surface area (Å²) in [5.41, 5.74) is 0. The molecular weight excluding hydrogens is 246 g/mol. The standard InChI is InChI=1S/C10H17NO5S/c1-6(17(2,15)16)9(12)11-8-4-3-7(5-8)10(13)14/h6-8H,3-5H2,1-2H3,(H,11,12)(H,13,14)/t6?,7-,8+/m0/s1. The lowest BCUT2D eigenvalue weighted by molar-refractivity contribution is -0.141. The third kappa shape index (κ3) is 3.69. The van der Waals surface area contributed by atoms with Crippen LogP contribution in [0.2, 0.25) is 0 Å². The van der Waals surface area contributed by atoms with Gasteiger partial charge in [0.2, 0.25) is 5.91 Å². The van der Waals surface area contributed by atoms with Crippen molar-refractivity contribution in [1.82, 2.24) is 5.32 Å². The molecule has 2 N–H and O–H groups in total. The number of carboxylic acids is 1. The molecule has 1 unspecified atom stereocenters. The van der Waals surface area contributed by atoms with Gasteiger partial charge >= 0.3 is 5.97 Å². The smallest absolute Gasteiger partial charge is 0.306 e. The van der Waals surface area contributed by atoms with Gasteiger partial charge in [0.15, 0.2) is 9.84 Å². The third-order valence-corrected chi connectivity index (χ3v) is 4.64. The summed E-state index contributed by atoms with van der Waals surface area (Å²) < 4.78 is 22.3. The van der Waals surface area contributed by atoms with E-state index in [0.717, 1.165) is 6.26 Å². The van der Waals surface area contributed by atoms with Gasteiger partial charge in [-0.25, -0.2) is 8.42 Å². The Balaban J connectivity index is 2.52. The van der Waals surface area contributed by atoms with E-state index in [9.17, 15) is 18.0 Å². The van der Waals surface area contributed by atoms with Crippen LogP contribution in [0.3, 0.4) is 0 Å². The topological polar surface area (TPSA) is 101 Å². The normalized spacial score (nSPS) is 26.5. The number of amides is 1. The largest absolute Gasteiger partial charge is 0.481 e. The molecule has 0 aromatic rings. The molecule has 17 heavy (non-hydrogen) atoms. The molecule has 7 heteroatoms. The minimum Gasteiger partial charge on any atom is -0.481 e. The van der Waals surface area contributed by atoms with Crippen molar-refractivity contribution in [2.75, 3.05) is 6.26 Å². The number of rotatable bonds is 4. The molecule has 0 aromatic heterocycles. The van der Waals surface area contributed by atoms with Crippen LogP contribution in [0, 0.1) is 5.92 Å². The molecule has 0 bridgehead atoms. The number of hydrogen-bond donors (Lipinski definition) is 2. The second-order valence-corrected chi connectivity index (χ2v) is 6.89. The zero-order valence-electron chi connectivity index (χ0n) is 9.84. The van der Waals surface area contributed by atoms with E-state index in [0.29, 0.717) is 19.3 Å². The van der Waals surface area contributed by atoms with Gasteiger partial charge in [-0.3, -0.25) is 9.59 Å². The van der Waals surface area contributed by atoms with Crippen LogP contribution in [0.25, 0.3) is 0 Å². The van der Waals surface area contributed by atoms with Crippen molar-refractivity contribution in [3.63, 3.8) is 0 Å². The van der Waals surface area contributed by atoms with Crippen molar-refractivity contribution >= 4 is 21.7 Å². The maximum atomic E-state index is 11.6. The zero-order valence-corrected chi connectivity index (χ0v) is 10.7. The first-order valence-electron chi connectivity index (χ1n) is 5.44. The molecule has 0 heterocycles. The Morgan fingerprint density at radius 2 is 1.94 bits per heavy atom. The molecule has 1 aliphatic carbocycles. The lowest BCUT2D eigenvalue weighted by Crippen LogP contribution is -2.42. The first kappa shape index (κ1) is 14.0. The Bertz CT molecular complexity index is 416. The highest BCUT2D eigenvalue weighted by Crippen LogP contribution is 2.25. The number of aliphatic carboxylic acids is 1. The predicted molar refractivity (Wildman–Crippen MR) is 61.2 cm³/mol. The Hall–Kier alpha value is -1.11. The molecule has 0 saturated heterocycles. The molecule has 6 nitrogen and oxygen atoms in total. The number of hydrogen-bond acceptors (Lipinski definition) is 4. The molecule has 1 saturated carbocycles. The van der Waals surface area contributed by atoms with Crippen molar-refractivity contribution < 1.29 is 23.1 Å². The Labute approximate surface area is 100 Å². The zero-order chi connectivity index (χ0) is 13.2. The summed E-state index contributed by atoms with van der Waals surface area (Å²) in [7, 11) is -3.40. The SMILES string of the molecule is CC(C(=O)N[C@@H]1CC[C@H](C(=O)O)C1)S(C)(=O)=O. The van der Waals surface area contributed by atoms with Crippen molar-refractivity contribution in [2.45, 2.75) is 37.5 Å². The second kappa shape index (κ2) is 5.03. The summed E-state index contributed by atoms with van der Waals surface area (Å²) in [6.07, 6.45) is 2.48. The molecule has 0 radical (unpaired) electrons. The lowest BCUT2D eigenvalue weighted by Gasteiger charge is -2.15. The van der Waals surface area contributed by atoms with Crippen molar-refractivity contribution in [3.8, 4) is 0 Å². The van der Waals surface area contributed by atoms with Gasteiger partial charge in [-0.05, 0) is 26.2 Å². The molecule has 98 valence electrons. The van der Waals surface area contributed by atoms with Gasteiger partial charge in [0.1, 0.15) is 5.25 Å². The molecule has 0 aromatic carbocycles. The van der Waals surface area contributed by atoms with E-state index in [4.69, 9.17) is 5.11 Å². The van der Waals surface area contributed by atoms with Gasteiger partial charge in [0.25, 0.3) is 0 Å². The average molecular weight is 263 g/mol. The second-order valence-electron chi connectivity index (χ2n) is 4.53. The molecule has 1 rings (SSSR count). The summed E-state index contributed by atoms with van der Waals surface area (Å²) in [5.74, 6) is -1.85. The van der Waals surface area contributed by atoms with E-state index in [1.165, 1.54) is 6.92 Å². The maximum absolute atomic E-state index is 11.6. The molecule has 3 atom stereocenters. The lowest BCUT2D eigenvalue weighted by atomic mass is 10.1. The van der Waals surface area contributed by atoms with Crippen molar-refractivity contribution in [2.24, 2.45) is 5.92 Å². The fourth-order valence-corrected chi connectivity index (χ4v) is 2.31. The molecule has 1 fully saturated rings. The highest BCUT2D eigenvalue weighted by atomic mass is 32.2. The van der Waals surface area contributed by atoms with Gasteiger partial charge in [0, 0.05) is 12.3 Å². The summed E-state index contributed by atoms with van der Waals surface area (Å²) in [5, 5.41) is 10.3. The molecule has 0 spiro atoms. The van der Waals surface area contributed by atoms with Crippen LogP contribution < -0.4 is 5.32 Å². The fraction of sp³-hybridized carbons (Fsp3) is 0.800. The molecule has 1 aliphatic rings. The third-order valence-electron chi connectivity index (χ3n) is 3.14. The summed E-state index contributed by atoms with van der Waals surface area (Å²) in [6, 6.07) is -0.229. The van der Waals surface area contributed by atoms with E-state index < -0.39 is 32.9 Å². The van der Waals surface area contributed by atoms with Crippen LogP contribution in [0.1, 0.15) is 26.2 Å². The fourth-order valence-electron chi connectivity index (χ4n) is 1.85. The Kier molecular flexibility index (Phi) is 4.13. The van der Waals surface area contributed by atoms with Crippen LogP contribution in [0.15, 0.2) is 0 Å². The van der Waals surface area contributed by atoms with Crippen molar-refractivity contribution in [1.29, 1.82) is 0 Å². The van der Waals surface area contributed by atoms with Crippen LogP contribution >= 0.6 is 0 Å². The van der Waals surface area contributed by atoms with E-state index in [1.54, 1.807) is 0 Å². The monoisotopic (exact) mass is 263 g/mol. The summed E-state index contributed by atoms with van der Waals surface area (Å²) in [6.45, 7) is 1.33. The quantitative estimate of drug-likeness (QED) is 0.731. The Morgan fingerprint density at radius 3 is 2.35 bits per heavy atom. The number of sulfone groups is 1. The highest BCUT2D eigenvalue weighted by molar-refractivity contribution is 7.92. The van der Waals surface area contributed by atoms with Crippen LogP contribution in [-0.2, 0) is 19.4 Å². The van der Waals surface area contributed by atoms with Gasteiger partial charge in [-0.2, -0.15) is 0 Å². The Morgan fingerprint density at radius 1 is 1.35 bits per heavy atom. The maximum Gasteiger partial charge on any atom is 0.306 e. The van der Waals surface area contributed by atoms with Crippen molar-refractivity contribution in [3.05, 3.63) is 0 Å². The number of carboxylic acid groups (broad SMARTS) is 1. The van der Waals surface area contributed by atoms with E-state index in [-0.39, 0.29) is 6.04 Å². The predicted octanol–water partition coefficient (Wildman–Crippen LogP) is -0.211. The molecular formula is C10H17NO5S. The first-order valence-corrected chi connectivity index (χ1v) is 7.39. The van der Waals surface area contributed by atoms with Crippen LogP contribution in [0.4, 0.5) is 0 Å². The average Bonchev–Trinajstić information content (AvgIpc) is 2.63. The highest BCUT2D eigenvalue weighted by Gasteiger charge is 2.32. The number of carbonyl (C=O) groups excluding carboxylic acids is 1.